The molecule has 1 aromatic rings. The number of carbonyl (C=O) groups is 2. The molecule has 0 saturated heterocycles. The molecule has 1 aliphatic rings. The lowest BCUT2D eigenvalue weighted by molar-refractivity contribution is -0.151. The Kier molecular flexibility index (Phi) is 3.34. The first-order valence-corrected chi connectivity index (χ1v) is 6.39. The van der Waals surface area contributed by atoms with Crippen LogP contribution >= 0.6 is 0 Å². The number of nitrogens with one attached hydrogen (secondary N) is 1. The largest absolute Gasteiger partial charge is 0.480 e. The first-order valence-electron chi connectivity index (χ1n) is 6.39. The van der Waals surface area contributed by atoms with Gasteiger partial charge in [0.15, 0.2) is 0 Å². The summed E-state index contributed by atoms with van der Waals surface area (Å²) in [6, 6.07) is 0. The quantitative estimate of drug-likeness (QED) is 0.839. The number of hydrogen-bond donors (Lipinski definition) is 2. The number of aromatic nitrogens is 2. The summed E-state index contributed by atoms with van der Waals surface area (Å²) in [6.45, 7) is 3.75. The van der Waals surface area contributed by atoms with Gasteiger partial charge >= 0.3 is 5.97 Å². The highest BCUT2D eigenvalue weighted by molar-refractivity contribution is 5.88. The number of carboxylic acids is 1. The Balaban J connectivity index is 2.08. The molecule has 1 saturated carbocycles. The maximum atomic E-state index is 12.0. The number of aryl methyl sites for hydroxylation is 2. The van der Waals surface area contributed by atoms with Crippen molar-refractivity contribution in [3.63, 3.8) is 0 Å². The van der Waals surface area contributed by atoms with Crippen LogP contribution in [0.25, 0.3) is 0 Å². The molecule has 0 spiro atoms. The van der Waals surface area contributed by atoms with Crippen LogP contribution < -0.4 is 5.32 Å². The summed E-state index contributed by atoms with van der Waals surface area (Å²) in [6.07, 6.45) is 2.05. The van der Waals surface area contributed by atoms with Crippen molar-refractivity contribution >= 4 is 11.9 Å². The van der Waals surface area contributed by atoms with Crippen LogP contribution in [-0.4, -0.2) is 32.3 Å². The van der Waals surface area contributed by atoms with Crippen molar-refractivity contribution in [1.29, 1.82) is 0 Å². The molecule has 2 rings (SSSR count). The first-order chi connectivity index (χ1) is 8.85. The molecule has 1 heterocycles. The van der Waals surface area contributed by atoms with Crippen molar-refractivity contribution < 1.29 is 14.7 Å². The molecular weight excluding hydrogens is 246 g/mol. The van der Waals surface area contributed by atoms with Crippen LogP contribution in [0.2, 0.25) is 0 Å². The fourth-order valence-corrected chi connectivity index (χ4v) is 2.47. The number of aliphatic carboxylic acids is 1. The topological polar surface area (TPSA) is 84.2 Å². The standard InChI is InChI=1S/C13H19N3O3/c1-8-10(9(2)16(3)15-8)7-11(17)14-13(12(18)19)5-4-6-13/h4-7H2,1-3H3,(H,14,17)(H,18,19). The maximum absolute atomic E-state index is 12.0. The Morgan fingerprint density at radius 2 is 2.05 bits per heavy atom. The van der Waals surface area contributed by atoms with E-state index >= 15 is 0 Å². The van der Waals surface area contributed by atoms with E-state index in [4.69, 9.17) is 0 Å². The second kappa shape index (κ2) is 4.68. The van der Waals surface area contributed by atoms with Gasteiger partial charge in [0.25, 0.3) is 0 Å². The third kappa shape index (κ3) is 2.34. The summed E-state index contributed by atoms with van der Waals surface area (Å²) in [5.41, 5.74) is 1.58. The van der Waals surface area contributed by atoms with Gasteiger partial charge in [-0.1, -0.05) is 0 Å². The molecule has 2 N–H and O–H groups in total. The minimum atomic E-state index is -1.04. The molecular formula is C13H19N3O3. The second-order valence-corrected chi connectivity index (χ2v) is 5.24. The molecule has 0 bridgehead atoms. The predicted octanol–water partition coefficient (Wildman–Crippen LogP) is 0.703. The van der Waals surface area contributed by atoms with Gasteiger partial charge < -0.3 is 10.4 Å². The first kappa shape index (κ1) is 13.6. The van der Waals surface area contributed by atoms with Crippen LogP contribution in [0.3, 0.4) is 0 Å². The van der Waals surface area contributed by atoms with E-state index in [0.717, 1.165) is 23.4 Å². The number of carboxylic acid groups (broad SMARTS) is 1. The van der Waals surface area contributed by atoms with Gasteiger partial charge in [-0.05, 0) is 33.1 Å². The Hall–Kier alpha value is -1.85. The van der Waals surface area contributed by atoms with E-state index in [-0.39, 0.29) is 12.3 Å². The maximum Gasteiger partial charge on any atom is 0.329 e. The molecule has 6 heteroatoms. The van der Waals surface area contributed by atoms with Crippen LogP contribution in [0, 0.1) is 13.8 Å². The highest BCUT2D eigenvalue weighted by Gasteiger charge is 2.45. The van der Waals surface area contributed by atoms with E-state index in [2.05, 4.69) is 10.4 Å². The van der Waals surface area contributed by atoms with Gasteiger partial charge in [0.05, 0.1) is 12.1 Å². The number of nitrogens with zero attached hydrogens (tertiary/aromatic N) is 2. The van der Waals surface area contributed by atoms with Crippen molar-refractivity contribution in [3.8, 4) is 0 Å². The van der Waals surface area contributed by atoms with Gasteiger partial charge in [-0.2, -0.15) is 5.10 Å². The molecule has 0 aliphatic heterocycles. The van der Waals surface area contributed by atoms with Crippen LogP contribution in [-0.2, 0) is 23.1 Å². The molecule has 0 atom stereocenters. The van der Waals surface area contributed by atoms with Crippen LogP contribution in [0.1, 0.15) is 36.2 Å². The van der Waals surface area contributed by atoms with E-state index in [1.54, 1.807) is 4.68 Å². The minimum Gasteiger partial charge on any atom is -0.480 e. The summed E-state index contributed by atoms with van der Waals surface area (Å²) in [5, 5.41) is 16.1. The molecule has 19 heavy (non-hydrogen) atoms. The second-order valence-electron chi connectivity index (χ2n) is 5.24. The summed E-state index contributed by atoms with van der Waals surface area (Å²) in [5.74, 6) is -1.19. The molecule has 0 unspecified atom stereocenters. The van der Waals surface area contributed by atoms with Crippen LogP contribution in [0.5, 0.6) is 0 Å². The van der Waals surface area contributed by atoms with Crippen molar-refractivity contribution in [3.05, 3.63) is 17.0 Å². The molecule has 1 fully saturated rings. The van der Waals surface area contributed by atoms with Crippen molar-refractivity contribution in [1.82, 2.24) is 15.1 Å². The van der Waals surface area contributed by atoms with Crippen molar-refractivity contribution in [2.75, 3.05) is 0 Å². The molecule has 1 aromatic heterocycles. The van der Waals surface area contributed by atoms with E-state index in [0.29, 0.717) is 12.8 Å². The van der Waals surface area contributed by atoms with Crippen LogP contribution in [0.4, 0.5) is 0 Å². The van der Waals surface area contributed by atoms with Gasteiger partial charge in [0.2, 0.25) is 5.91 Å². The fourth-order valence-electron chi connectivity index (χ4n) is 2.47. The highest BCUT2D eigenvalue weighted by atomic mass is 16.4. The lowest BCUT2D eigenvalue weighted by Crippen LogP contribution is -2.59. The summed E-state index contributed by atoms with van der Waals surface area (Å²) in [4.78, 5) is 23.2. The Morgan fingerprint density at radius 3 is 2.42 bits per heavy atom. The highest BCUT2D eigenvalue weighted by Crippen LogP contribution is 2.32. The van der Waals surface area contributed by atoms with Gasteiger partial charge in [0, 0.05) is 18.3 Å². The van der Waals surface area contributed by atoms with E-state index < -0.39 is 11.5 Å². The predicted molar refractivity (Wildman–Crippen MR) is 68.7 cm³/mol. The number of amides is 1. The molecule has 6 nitrogen and oxygen atoms in total. The zero-order valence-electron chi connectivity index (χ0n) is 11.5. The van der Waals surface area contributed by atoms with Crippen LogP contribution in [0.15, 0.2) is 0 Å². The SMILES string of the molecule is Cc1nn(C)c(C)c1CC(=O)NC1(C(=O)O)CCC1. The van der Waals surface area contributed by atoms with Crippen molar-refractivity contribution in [2.24, 2.45) is 7.05 Å². The monoisotopic (exact) mass is 265 g/mol. The average molecular weight is 265 g/mol. The van der Waals surface area contributed by atoms with E-state index in [9.17, 15) is 14.7 Å². The molecule has 0 aromatic carbocycles. The number of rotatable bonds is 4. The van der Waals surface area contributed by atoms with E-state index in [1.807, 2.05) is 20.9 Å². The third-order valence-corrected chi connectivity index (χ3v) is 3.99. The smallest absolute Gasteiger partial charge is 0.329 e. The minimum absolute atomic E-state index is 0.181. The van der Waals surface area contributed by atoms with E-state index in [1.165, 1.54) is 0 Å². The molecule has 0 radical (unpaired) electrons. The summed E-state index contributed by atoms with van der Waals surface area (Å²) >= 11 is 0. The zero-order chi connectivity index (χ0) is 14.2. The zero-order valence-corrected chi connectivity index (χ0v) is 11.5. The number of carbonyl (C=O) groups excluding carboxylic acids is 1. The van der Waals surface area contributed by atoms with Gasteiger partial charge in [0.1, 0.15) is 5.54 Å². The molecule has 1 aliphatic carbocycles. The lowest BCUT2D eigenvalue weighted by atomic mass is 9.76. The summed E-state index contributed by atoms with van der Waals surface area (Å²) in [7, 11) is 1.83. The Morgan fingerprint density at radius 1 is 1.42 bits per heavy atom. The average Bonchev–Trinajstić information content (AvgIpc) is 2.50. The summed E-state index contributed by atoms with van der Waals surface area (Å²) < 4.78 is 1.73. The van der Waals surface area contributed by atoms with Gasteiger partial charge in [-0.15, -0.1) is 0 Å². The van der Waals surface area contributed by atoms with Crippen molar-refractivity contribution in [2.45, 2.75) is 45.1 Å². The third-order valence-electron chi connectivity index (χ3n) is 3.99. The number of hydrogen-bond acceptors (Lipinski definition) is 3. The normalized spacial score (nSPS) is 16.8. The van der Waals surface area contributed by atoms with Gasteiger partial charge in [-0.25, -0.2) is 4.79 Å². The fraction of sp³-hybridized carbons (Fsp3) is 0.615. The molecule has 104 valence electrons. The lowest BCUT2D eigenvalue weighted by Gasteiger charge is -2.38. The van der Waals surface area contributed by atoms with Gasteiger partial charge in [-0.3, -0.25) is 9.48 Å². The Bertz CT molecular complexity index is 529. The Labute approximate surface area is 111 Å². The molecule has 1 amide bonds.